The number of anilines is 2. The Morgan fingerprint density at radius 1 is 0.654 bits per heavy atom. The normalized spacial score (nSPS) is 12.1. The molecule has 4 heteroatoms. The fraction of sp³-hybridized carbons (Fsp3) is 0.364. The van der Waals surface area contributed by atoms with Crippen molar-refractivity contribution in [2.45, 2.75) is 52.4 Å². The van der Waals surface area contributed by atoms with E-state index in [2.05, 4.69) is 0 Å². The molecule has 2 aromatic carbocycles. The Labute approximate surface area is 155 Å². The molecule has 0 bridgehead atoms. The zero-order chi connectivity index (χ0) is 19.9. The van der Waals surface area contributed by atoms with Crippen LogP contribution in [0.5, 0.6) is 0 Å². The first-order valence-electron chi connectivity index (χ1n) is 8.71. The van der Waals surface area contributed by atoms with Crippen LogP contribution in [0.25, 0.3) is 0 Å². The van der Waals surface area contributed by atoms with Gasteiger partial charge in [-0.1, -0.05) is 53.7 Å². The summed E-state index contributed by atoms with van der Waals surface area (Å²) < 4.78 is 0. The molecule has 0 saturated carbocycles. The number of rotatable bonds is 3. The molecule has 0 aromatic heterocycles. The molecule has 4 N–H and O–H groups in total. The van der Waals surface area contributed by atoms with Crippen LogP contribution in [-0.4, -0.2) is 11.6 Å². The minimum Gasteiger partial charge on any atom is -0.398 e. The van der Waals surface area contributed by atoms with Crippen LogP contribution in [0.2, 0.25) is 0 Å². The second kappa shape index (κ2) is 6.60. The minimum absolute atomic E-state index is 0.156. The molecule has 138 valence electrons. The number of benzene rings is 2. The van der Waals surface area contributed by atoms with Gasteiger partial charge in [0, 0.05) is 22.5 Å². The second-order valence-corrected chi connectivity index (χ2v) is 8.76. The Hall–Kier alpha value is -2.62. The highest BCUT2D eigenvalue weighted by Gasteiger charge is 2.26. The minimum atomic E-state index is -0.633. The summed E-state index contributed by atoms with van der Waals surface area (Å²) in [6.45, 7) is 12.2. The second-order valence-electron chi connectivity index (χ2n) is 8.76. The van der Waals surface area contributed by atoms with Crippen LogP contribution < -0.4 is 11.5 Å². The van der Waals surface area contributed by atoms with Gasteiger partial charge in [-0.2, -0.15) is 0 Å². The van der Waals surface area contributed by atoms with Gasteiger partial charge in [0.05, 0.1) is 0 Å². The van der Waals surface area contributed by atoms with Crippen molar-refractivity contribution < 1.29 is 9.59 Å². The third kappa shape index (κ3) is 3.96. The van der Waals surface area contributed by atoms with Crippen LogP contribution in [0.4, 0.5) is 11.4 Å². The number of hydrogen-bond acceptors (Lipinski definition) is 4. The Morgan fingerprint density at radius 2 is 0.962 bits per heavy atom. The third-order valence-electron chi connectivity index (χ3n) is 4.53. The number of carbonyl (C=O) groups is 2. The van der Waals surface area contributed by atoms with E-state index in [0.29, 0.717) is 11.4 Å². The molecule has 2 rings (SSSR count). The standard InChI is InChI=1S/C22H28N2O2/c1-21(2,3)13-7-9-17(23)15(11-13)19(25)20(26)16-12-14(22(4,5)6)8-10-18(16)24/h7-12H,23-24H2,1-6H3. The Balaban J connectivity index is 2.50. The molecule has 0 saturated heterocycles. The molecule has 0 fully saturated rings. The topological polar surface area (TPSA) is 86.2 Å². The van der Waals surface area contributed by atoms with Crippen LogP contribution in [-0.2, 0) is 10.8 Å². The number of hydrogen-bond donors (Lipinski definition) is 2. The first kappa shape index (κ1) is 19.7. The smallest absolute Gasteiger partial charge is 0.235 e. The maximum atomic E-state index is 12.9. The SMILES string of the molecule is CC(C)(C)c1ccc(N)c(C(=O)C(=O)c2cc(C(C)(C)C)ccc2N)c1. The van der Waals surface area contributed by atoms with Gasteiger partial charge in [-0.05, 0) is 46.2 Å². The molecule has 0 aliphatic rings. The van der Waals surface area contributed by atoms with E-state index in [-0.39, 0.29) is 22.0 Å². The molecular weight excluding hydrogens is 324 g/mol. The van der Waals surface area contributed by atoms with Crippen molar-refractivity contribution in [3.05, 3.63) is 58.7 Å². The highest BCUT2D eigenvalue weighted by Crippen LogP contribution is 2.29. The highest BCUT2D eigenvalue weighted by molar-refractivity contribution is 6.51. The van der Waals surface area contributed by atoms with Crippen LogP contribution in [0.15, 0.2) is 36.4 Å². The maximum absolute atomic E-state index is 12.9. The Bertz CT molecular complexity index is 795. The van der Waals surface area contributed by atoms with Gasteiger partial charge in [0.15, 0.2) is 0 Å². The lowest BCUT2D eigenvalue weighted by atomic mass is 9.83. The number of nitrogens with two attached hydrogens (primary N) is 2. The van der Waals surface area contributed by atoms with Crippen LogP contribution in [0.1, 0.15) is 73.4 Å². The zero-order valence-electron chi connectivity index (χ0n) is 16.4. The number of Topliss-reactive ketones (excluding diaryl/α,β-unsaturated/α-hetero) is 2. The number of ketones is 2. The summed E-state index contributed by atoms with van der Waals surface area (Å²) in [6, 6.07) is 10.5. The van der Waals surface area contributed by atoms with Crippen LogP contribution in [0.3, 0.4) is 0 Å². The van der Waals surface area contributed by atoms with E-state index >= 15 is 0 Å². The van der Waals surface area contributed by atoms with E-state index in [0.717, 1.165) is 11.1 Å². The molecule has 0 aliphatic heterocycles. The van der Waals surface area contributed by atoms with E-state index in [1.165, 1.54) is 0 Å². The Morgan fingerprint density at radius 3 is 1.23 bits per heavy atom. The lowest BCUT2D eigenvalue weighted by Crippen LogP contribution is -2.21. The fourth-order valence-corrected chi connectivity index (χ4v) is 2.68. The Kier molecular flexibility index (Phi) is 5.00. The van der Waals surface area contributed by atoms with E-state index in [1.807, 2.05) is 53.7 Å². The van der Waals surface area contributed by atoms with E-state index < -0.39 is 11.6 Å². The summed E-state index contributed by atoms with van der Waals surface area (Å²) in [7, 11) is 0. The number of carbonyl (C=O) groups excluding carboxylic acids is 2. The predicted octanol–water partition coefficient (Wildman–Crippen LogP) is 4.51. The van der Waals surface area contributed by atoms with E-state index in [1.54, 1.807) is 24.3 Å². The quantitative estimate of drug-likeness (QED) is 0.483. The average Bonchev–Trinajstić information content (AvgIpc) is 2.52. The number of nitrogen functional groups attached to an aromatic ring is 2. The predicted molar refractivity (Wildman–Crippen MR) is 108 cm³/mol. The van der Waals surface area contributed by atoms with Gasteiger partial charge in [-0.15, -0.1) is 0 Å². The first-order valence-corrected chi connectivity index (χ1v) is 8.71. The van der Waals surface area contributed by atoms with Crippen molar-refractivity contribution in [2.75, 3.05) is 11.5 Å². The lowest BCUT2D eigenvalue weighted by Gasteiger charge is -2.21. The zero-order valence-corrected chi connectivity index (χ0v) is 16.4. The molecular formula is C22H28N2O2. The summed E-state index contributed by atoms with van der Waals surface area (Å²) in [4.78, 5) is 25.7. The molecule has 26 heavy (non-hydrogen) atoms. The maximum Gasteiger partial charge on any atom is 0.235 e. The van der Waals surface area contributed by atoms with Gasteiger partial charge in [0.25, 0.3) is 0 Å². The summed E-state index contributed by atoms with van der Waals surface area (Å²) in [5.74, 6) is -1.27. The van der Waals surface area contributed by atoms with Crippen molar-refractivity contribution in [2.24, 2.45) is 0 Å². The van der Waals surface area contributed by atoms with Gasteiger partial charge in [-0.3, -0.25) is 9.59 Å². The summed E-state index contributed by atoms with van der Waals surface area (Å²) >= 11 is 0. The van der Waals surface area contributed by atoms with E-state index in [4.69, 9.17) is 11.5 Å². The fourth-order valence-electron chi connectivity index (χ4n) is 2.68. The molecule has 0 amide bonds. The van der Waals surface area contributed by atoms with Crippen molar-refractivity contribution in [3.63, 3.8) is 0 Å². The molecule has 0 heterocycles. The molecule has 0 unspecified atom stereocenters. The van der Waals surface area contributed by atoms with Gasteiger partial charge in [0.1, 0.15) is 0 Å². The van der Waals surface area contributed by atoms with Gasteiger partial charge >= 0.3 is 0 Å². The summed E-state index contributed by atoms with van der Waals surface area (Å²) in [5.41, 5.74) is 14.6. The summed E-state index contributed by atoms with van der Waals surface area (Å²) in [5, 5.41) is 0. The van der Waals surface area contributed by atoms with Crippen LogP contribution in [0, 0.1) is 0 Å². The molecule has 0 spiro atoms. The van der Waals surface area contributed by atoms with E-state index in [9.17, 15) is 9.59 Å². The first-order chi connectivity index (χ1) is 11.8. The van der Waals surface area contributed by atoms with Crippen molar-refractivity contribution in [1.82, 2.24) is 0 Å². The molecule has 4 nitrogen and oxygen atoms in total. The van der Waals surface area contributed by atoms with Crippen LogP contribution >= 0.6 is 0 Å². The monoisotopic (exact) mass is 352 g/mol. The molecule has 2 aromatic rings. The van der Waals surface area contributed by atoms with Crippen molar-refractivity contribution in [1.29, 1.82) is 0 Å². The average molecular weight is 352 g/mol. The van der Waals surface area contributed by atoms with Gasteiger partial charge in [0.2, 0.25) is 11.6 Å². The molecule has 0 aliphatic carbocycles. The largest absolute Gasteiger partial charge is 0.398 e. The molecule has 0 atom stereocenters. The van der Waals surface area contributed by atoms with Crippen molar-refractivity contribution in [3.8, 4) is 0 Å². The summed E-state index contributed by atoms with van der Waals surface area (Å²) in [6.07, 6.45) is 0. The lowest BCUT2D eigenvalue weighted by molar-refractivity contribution is 0.0817. The third-order valence-corrected chi connectivity index (χ3v) is 4.53. The van der Waals surface area contributed by atoms with Gasteiger partial charge < -0.3 is 11.5 Å². The van der Waals surface area contributed by atoms with Crippen molar-refractivity contribution >= 4 is 22.9 Å². The van der Waals surface area contributed by atoms with Gasteiger partial charge in [-0.25, -0.2) is 0 Å². The highest BCUT2D eigenvalue weighted by atomic mass is 16.2. The molecule has 0 radical (unpaired) electrons.